The van der Waals surface area contributed by atoms with Crippen LogP contribution in [0.15, 0.2) is 54.6 Å². The van der Waals surface area contributed by atoms with Gasteiger partial charge in [0.15, 0.2) is 0 Å². The Hall–Kier alpha value is -3.19. The molecular weight excluding hydrogens is 391 g/mol. The second-order valence-corrected chi connectivity index (χ2v) is 7.63. The highest BCUT2D eigenvalue weighted by molar-refractivity contribution is 7.20. The molecule has 0 saturated carbocycles. The van der Waals surface area contributed by atoms with Gasteiger partial charge in [-0.3, -0.25) is 0 Å². The third-order valence-corrected chi connectivity index (χ3v) is 5.51. The van der Waals surface area contributed by atoms with E-state index >= 15 is 0 Å². The van der Waals surface area contributed by atoms with E-state index in [1.165, 1.54) is 23.5 Å². The molecule has 148 valence electrons. The Morgan fingerprint density at radius 2 is 1.79 bits per heavy atom. The number of rotatable bonds is 6. The summed E-state index contributed by atoms with van der Waals surface area (Å²) in [5.41, 5.74) is 2.68. The summed E-state index contributed by atoms with van der Waals surface area (Å²) in [7, 11) is 0. The van der Waals surface area contributed by atoms with Gasteiger partial charge in [-0.25, -0.2) is 13.9 Å². The Balaban J connectivity index is 1.43. The largest absolute Gasteiger partial charge is 0.490 e. The Morgan fingerprint density at radius 3 is 2.52 bits per heavy atom. The number of hydrogen-bond acceptors (Lipinski definition) is 5. The van der Waals surface area contributed by atoms with E-state index in [4.69, 9.17) is 9.47 Å². The zero-order valence-electron chi connectivity index (χ0n) is 16.0. The molecule has 0 aliphatic rings. The fourth-order valence-electron chi connectivity index (χ4n) is 2.90. The topological polar surface area (TPSA) is 53.4 Å². The number of esters is 1. The highest BCUT2D eigenvalue weighted by Gasteiger charge is 2.18. The molecule has 0 radical (unpaired) electrons. The molecule has 0 aliphatic carbocycles. The van der Waals surface area contributed by atoms with Gasteiger partial charge in [0.05, 0.1) is 11.4 Å². The van der Waals surface area contributed by atoms with Gasteiger partial charge in [-0.15, -0.1) is 11.3 Å². The van der Waals surface area contributed by atoms with Gasteiger partial charge >= 0.3 is 5.97 Å². The van der Waals surface area contributed by atoms with Crippen molar-refractivity contribution in [2.24, 2.45) is 0 Å². The zero-order chi connectivity index (χ0) is 20.4. The van der Waals surface area contributed by atoms with Crippen LogP contribution in [-0.2, 0) is 4.74 Å². The number of halogens is 1. The van der Waals surface area contributed by atoms with Crippen LogP contribution in [0.5, 0.6) is 5.75 Å². The minimum atomic E-state index is -0.399. The summed E-state index contributed by atoms with van der Waals surface area (Å²) in [5.74, 6) is 0.0319. The zero-order valence-corrected chi connectivity index (χ0v) is 16.8. The van der Waals surface area contributed by atoms with Crippen LogP contribution in [0, 0.1) is 19.7 Å². The Morgan fingerprint density at radius 1 is 1.07 bits per heavy atom. The van der Waals surface area contributed by atoms with E-state index in [9.17, 15) is 9.18 Å². The number of carbonyl (C=O) groups is 1. The third-order valence-electron chi connectivity index (χ3n) is 4.42. The summed E-state index contributed by atoms with van der Waals surface area (Å²) in [5, 5.41) is 5.37. The molecule has 0 amide bonds. The molecule has 4 rings (SSSR count). The number of aromatic nitrogens is 2. The Labute approximate surface area is 171 Å². The molecule has 0 bridgehead atoms. The lowest BCUT2D eigenvalue weighted by molar-refractivity contribution is 0.0456. The summed E-state index contributed by atoms with van der Waals surface area (Å²) in [6.45, 7) is 4.32. The van der Waals surface area contributed by atoms with Crippen molar-refractivity contribution in [2.45, 2.75) is 13.8 Å². The van der Waals surface area contributed by atoms with Crippen molar-refractivity contribution in [2.75, 3.05) is 13.2 Å². The van der Waals surface area contributed by atoms with Crippen LogP contribution in [0.25, 0.3) is 15.9 Å². The molecule has 0 unspecified atom stereocenters. The summed E-state index contributed by atoms with van der Waals surface area (Å²) < 4.78 is 25.8. The summed E-state index contributed by atoms with van der Waals surface area (Å²) in [6.07, 6.45) is 0. The SMILES string of the molecule is Cc1ccc(OCCOC(=O)c2cc3c(C)nn(-c4ccc(F)cc4)c3s2)cc1. The van der Waals surface area contributed by atoms with E-state index in [0.29, 0.717) is 4.88 Å². The lowest BCUT2D eigenvalue weighted by Crippen LogP contribution is -2.11. The van der Waals surface area contributed by atoms with Crippen molar-refractivity contribution in [1.82, 2.24) is 9.78 Å². The van der Waals surface area contributed by atoms with Crippen molar-refractivity contribution in [3.8, 4) is 11.4 Å². The molecule has 0 saturated heterocycles. The van der Waals surface area contributed by atoms with Gasteiger partial charge in [0.25, 0.3) is 0 Å². The number of benzene rings is 2. The molecule has 0 fully saturated rings. The van der Waals surface area contributed by atoms with Crippen LogP contribution in [0.3, 0.4) is 0 Å². The van der Waals surface area contributed by atoms with E-state index in [1.807, 2.05) is 38.1 Å². The second kappa shape index (κ2) is 8.05. The number of fused-ring (bicyclic) bond motifs is 1. The van der Waals surface area contributed by atoms with E-state index in [1.54, 1.807) is 22.9 Å². The van der Waals surface area contributed by atoms with Crippen molar-refractivity contribution in [3.63, 3.8) is 0 Å². The minimum absolute atomic E-state index is 0.157. The number of hydrogen-bond donors (Lipinski definition) is 0. The molecule has 5 nitrogen and oxygen atoms in total. The highest BCUT2D eigenvalue weighted by atomic mass is 32.1. The molecule has 2 aromatic heterocycles. The predicted octanol–water partition coefficient (Wildman–Crippen LogP) is 5.08. The fourth-order valence-corrected chi connectivity index (χ4v) is 3.98. The first-order chi connectivity index (χ1) is 14.0. The predicted molar refractivity (Wildman–Crippen MR) is 111 cm³/mol. The lowest BCUT2D eigenvalue weighted by atomic mass is 10.2. The molecule has 0 aliphatic heterocycles. The summed E-state index contributed by atoms with van der Waals surface area (Å²) >= 11 is 1.30. The molecular formula is C22H19FN2O3S. The normalized spacial score (nSPS) is 11.0. The molecule has 7 heteroatoms. The van der Waals surface area contributed by atoms with Crippen molar-refractivity contribution < 1.29 is 18.7 Å². The van der Waals surface area contributed by atoms with Gasteiger partial charge in [-0.2, -0.15) is 5.10 Å². The van der Waals surface area contributed by atoms with Gasteiger partial charge < -0.3 is 9.47 Å². The van der Waals surface area contributed by atoms with E-state index in [0.717, 1.165) is 32.9 Å². The van der Waals surface area contributed by atoms with Crippen LogP contribution < -0.4 is 4.74 Å². The van der Waals surface area contributed by atoms with Gasteiger partial charge in [0.1, 0.15) is 34.5 Å². The van der Waals surface area contributed by atoms with Crippen molar-refractivity contribution in [1.29, 1.82) is 0 Å². The average molecular weight is 410 g/mol. The third kappa shape index (κ3) is 4.14. The van der Waals surface area contributed by atoms with Crippen LogP contribution in [-0.4, -0.2) is 29.0 Å². The number of thiophene rings is 1. The van der Waals surface area contributed by atoms with E-state index in [-0.39, 0.29) is 19.0 Å². The molecule has 0 atom stereocenters. The molecule has 0 N–H and O–H groups in total. The number of carbonyl (C=O) groups excluding carboxylic acids is 1. The number of ether oxygens (including phenoxy) is 2. The van der Waals surface area contributed by atoms with Gasteiger partial charge in [-0.05, 0) is 56.3 Å². The smallest absolute Gasteiger partial charge is 0.348 e. The van der Waals surface area contributed by atoms with Gasteiger partial charge in [0, 0.05) is 5.39 Å². The van der Waals surface area contributed by atoms with Gasteiger partial charge in [-0.1, -0.05) is 17.7 Å². The summed E-state index contributed by atoms with van der Waals surface area (Å²) in [6, 6.07) is 15.6. The van der Waals surface area contributed by atoms with Crippen molar-refractivity contribution in [3.05, 3.63) is 76.5 Å². The number of aryl methyl sites for hydroxylation is 2. The van der Waals surface area contributed by atoms with Crippen LogP contribution in [0.1, 0.15) is 20.9 Å². The second-order valence-electron chi connectivity index (χ2n) is 6.60. The lowest BCUT2D eigenvalue weighted by Gasteiger charge is -2.07. The van der Waals surface area contributed by atoms with Crippen LogP contribution in [0.4, 0.5) is 4.39 Å². The van der Waals surface area contributed by atoms with Gasteiger partial charge in [0.2, 0.25) is 0 Å². The maximum absolute atomic E-state index is 13.2. The minimum Gasteiger partial charge on any atom is -0.490 e. The highest BCUT2D eigenvalue weighted by Crippen LogP contribution is 2.30. The maximum Gasteiger partial charge on any atom is 0.348 e. The fraction of sp³-hybridized carbons (Fsp3) is 0.182. The first kappa shape index (κ1) is 19.1. The first-order valence-electron chi connectivity index (χ1n) is 9.13. The standard InChI is InChI=1S/C22H19FN2O3S/c1-14-3-9-18(10-4-14)27-11-12-28-22(26)20-13-19-15(2)24-25(21(19)29-20)17-7-5-16(23)6-8-17/h3-10,13H,11-12H2,1-2H3. The summed E-state index contributed by atoms with van der Waals surface area (Å²) in [4.78, 5) is 13.7. The average Bonchev–Trinajstić information content (AvgIpc) is 3.28. The van der Waals surface area contributed by atoms with E-state index in [2.05, 4.69) is 5.10 Å². The quantitative estimate of drug-likeness (QED) is 0.329. The monoisotopic (exact) mass is 410 g/mol. The van der Waals surface area contributed by atoms with Crippen LogP contribution >= 0.6 is 11.3 Å². The maximum atomic E-state index is 13.2. The molecule has 2 heterocycles. The molecule has 2 aromatic carbocycles. The Bertz CT molecular complexity index is 1150. The molecule has 29 heavy (non-hydrogen) atoms. The molecule has 0 spiro atoms. The van der Waals surface area contributed by atoms with Crippen molar-refractivity contribution >= 4 is 27.5 Å². The Kier molecular flexibility index (Phi) is 5.31. The van der Waals surface area contributed by atoms with Crippen LogP contribution in [0.2, 0.25) is 0 Å². The molecule has 4 aromatic rings. The number of nitrogens with zero attached hydrogens (tertiary/aromatic N) is 2. The first-order valence-corrected chi connectivity index (χ1v) is 9.94. The van der Waals surface area contributed by atoms with E-state index < -0.39 is 5.97 Å².